The van der Waals surface area contributed by atoms with E-state index >= 15 is 0 Å². The first kappa shape index (κ1) is 15.3. The first-order valence-corrected chi connectivity index (χ1v) is 7.36. The number of halogens is 3. The molecule has 0 fully saturated rings. The fourth-order valence-electron chi connectivity index (χ4n) is 1.77. The normalized spacial score (nSPS) is 12.4. The predicted octanol–water partition coefficient (Wildman–Crippen LogP) is 4.75. The summed E-state index contributed by atoms with van der Waals surface area (Å²) in [5.74, 6) is -1.25. The van der Waals surface area contributed by atoms with E-state index in [1.54, 1.807) is 24.3 Å². The molecule has 0 saturated carbocycles. The minimum Gasteiger partial charge on any atom is -0.387 e. The highest BCUT2D eigenvalue weighted by Gasteiger charge is 2.19. The highest BCUT2D eigenvalue weighted by Crippen LogP contribution is 2.29. The Morgan fingerprint density at radius 3 is 2.45 bits per heavy atom. The first-order chi connectivity index (χ1) is 9.49. The Balaban J connectivity index is 2.11. The summed E-state index contributed by atoms with van der Waals surface area (Å²) in [5.41, 5.74) is 0.0448. The molecule has 0 saturated heterocycles. The van der Waals surface area contributed by atoms with Crippen molar-refractivity contribution in [2.45, 2.75) is 17.9 Å². The second-order valence-electron chi connectivity index (χ2n) is 4.37. The summed E-state index contributed by atoms with van der Waals surface area (Å²) in [6.45, 7) is 1.54. The summed E-state index contributed by atoms with van der Waals surface area (Å²) in [6, 6.07) is 9.57. The van der Waals surface area contributed by atoms with E-state index in [4.69, 9.17) is 11.6 Å². The maximum absolute atomic E-state index is 13.9. The smallest absolute Gasteiger partial charge is 0.134 e. The number of benzene rings is 2. The fraction of sp³-hybridized carbons (Fsp3) is 0.200. The zero-order valence-electron chi connectivity index (χ0n) is 10.7. The van der Waals surface area contributed by atoms with E-state index in [-0.39, 0.29) is 11.3 Å². The van der Waals surface area contributed by atoms with Crippen molar-refractivity contribution in [2.75, 3.05) is 5.75 Å². The minimum absolute atomic E-state index is 0.166. The molecule has 1 unspecified atom stereocenters. The number of rotatable bonds is 4. The molecule has 1 atom stereocenters. The summed E-state index contributed by atoms with van der Waals surface area (Å²) < 4.78 is 27.5. The second-order valence-corrected chi connectivity index (χ2v) is 5.90. The van der Waals surface area contributed by atoms with Crippen molar-refractivity contribution in [3.63, 3.8) is 0 Å². The molecule has 0 aromatic heterocycles. The van der Waals surface area contributed by atoms with E-state index in [0.717, 1.165) is 4.90 Å². The predicted molar refractivity (Wildman–Crippen MR) is 78.2 cm³/mol. The van der Waals surface area contributed by atoms with Gasteiger partial charge in [0.25, 0.3) is 0 Å². The molecular weight excluding hydrogens is 302 g/mol. The largest absolute Gasteiger partial charge is 0.387 e. The van der Waals surface area contributed by atoms with E-state index in [0.29, 0.717) is 10.6 Å². The highest BCUT2D eigenvalue weighted by atomic mass is 35.5. The first-order valence-electron chi connectivity index (χ1n) is 6.00. The average Bonchev–Trinajstić information content (AvgIpc) is 2.43. The molecule has 1 N–H and O–H groups in total. The monoisotopic (exact) mass is 314 g/mol. The van der Waals surface area contributed by atoms with Crippen molar-refractivity contribution in [1.82, 2.24) is 0 Å². The zero-order valence-corrected chi connectivity index (χ0v) is 12.3. The molecule has 0 bridgehead atoms. The molecule has 0 heterocycles. The van der Waals surface area contributed by atoms with Crippen LogP contribution in [-0.4, -0.2) is 10.9 Å². The van der Waals surface area contributed by atoms with Crippen LogP contribution in [0, 0.1) is 18.6 Å². The highest BCUT2D eigenvalue weighted by molar-refractivity contribution is 7.99. The molecule has 20 heavy (non-hydrogen) atoms. The standard InChI is InChI=1S/C15H13ClF2OS/c1-9-2-7-12(17)14(15(9)18)13(19)8-20-11-5-3-10(16)4-6-11/h2-7,13,19H,8H2,1H3. The van der Waals surface area contributed by atoms with Crippen LogP contribution in [0.4, 0.5) is 8.78 Å². The third kappa shape index (κ3) is 3.51. The van der Waals surface area contributed by atoms with Crippen LogP contribution in [0.25, 0.3) is 0 Å². The minimum atomic E-state index is -1.20. The molecule has 0 amide bonds. The summed E-state index contributed by atoms with van der Waals surface area (Å²) in [6.07, 6.45) is -1.20. The molecule has 2 aromatic rings. The molecule has 2 aromatic carbocycles. The van der Waals surface area contributed by atoms with Crippen molar-refractivity contribution in [3.8, 4) is 0 Å². The van der Waals surface area contributed by atoms with E-state index in [9.17, 15) is 13.9 Å². The van der Waals surface area contributed by atoms with Gasteiger partial charge >= 0.3 is 0 Å². The second kappa shape index (κ2) is 6.57. The lowest BCUT2D eigenvalue weighted by molar-refractivity contribution is 0.193. The maximum atomic E-state index is 13.9. The zero-order chi connectivity index (χ0) is 14.7. The van der Waals surface area contributed by atoms with Crippen LogP contribution in [0.1, 0.15) is 17.2 Å². The fourth-order valence-corrected chi connectivity index (χ4v) is 2.74. The maximum Gasteiger partial charge on any atom is 0.134 e. The van der Waals surface area contributed by atoms with Crippen LogP contribution in [0.5, 0.6) is 0 Å². The molecule has 1 nitrogen and oxygen atoms in total. The summed E-state index contributed by atoms with van der Waals surface area (Å²) >= 11 is 7.08. The number of hydrogen-bond donors (Lipinski definition) is 1. The molecule has 0 radical (unpaired) electrons. The van der Waals surface area contributed by atoms with E-state index < -0.39 is 17.7 Å². The van der Waals surface area contributed by atoms with Crippen molar-refractivity contribution >= 4 is 23.4 Å². The van der Waals surface area contributed by atoms with Crippen molar-refractivity contribution in [2.24, 2.45) is 0 Å². The SMILES string of the molecule is Cc1ccc(F)c(C(O)CSc2ccc(Cl)cc2)c1F. The van der Waals surface area contributed by atoms with Gasteiger partial charge in [0, 0.05) is 15.7 Å². The lowest BCUT2D eigenvalue weighted by Crippen LogP contribution is -2.08. The lowest BCUT2D eigenvalue weighted by Gasteiger charge is -2.14. The number of aliphatic hydroxyl groups excluding tert-OH is 1. The number of hydrogen-bond acceptors (Lipinski definition) is 2. The Kier molecular flexibility index (Phi) is 5.02. The van der Waals surface area contributed by atoms with Crippen LogP contribution in [-0.2, 0) is 0 Å². The van der Waals surface area contributed by atoms with Crippen molar-refractivity contribution in [3.05, 3.63) is 64.2 Å². The Morgan fingerprint density at radius 2 is 1.80 bits per heavy atom. The molecule has 0 aliphatic rings. The average molecular weight is 315 g/mol. The van der Waals surface area contributed by atoms with Gasteiger partial charge in [-0.1, -0.05) is 17.7 Å². The van der Waals surface area contributed by atoms with Crippen molar-refractivity contribution < 1.29 is 13.9 Å². The molecule has 106 valence electrons. The van der Waals surface area contributed by atoms with Gasteiger partial charge in [0.15, 0.2) is 0 Å². The third-order valence-corrected chi connectivity index (χ3v) is 4.21. The van der Waals surface area contributed by atoms with E-state index in [1.165, 1.54) is 30.8 Å². The van der Waals surface area contributed by atoms with Gasteiger partial charge in [-0.2, -0.15) is 0 Å². The molecule has 2 rings (SSSR count). The van der Waals surface area contributed by atoms with Gasteiger partial charge < -0.3 is 5.11 Å². The molecule has 0 aliphatic carbocycles. The van der Waals surface area contributed by atoms with Gasteiger partial charge in [0.2, 0.25) is 0 Å². The van der Waals surface area contributed by atoms with E-state index in [1.807, 2.05) is 0 Å². The molecular formula is C15H13ClF2OS. The van der Waals surface area contributed by atoms with Gasteiger partial charge in [-0.15, -0.1) is 11.8 Å². The van der Waals surface area contributed by atoms with Gasteiger partial charge in [-0.3, -0.25) is 0 Å². The number of thioether (sulfide) groups is 1. The van der Waals surface area contributed by atoms with Gasteiger partial charge in [-0.25, -0.2) is 8.78 Å². The van der Waals surface area contributed by atoms with Gasteiger partial charge in [0.05, 0.1) is 11.7 Å². The molecule has 5 heteroatoms. The Labute approximate surface area is 125 Å². The number of aryl methyl sites for hydroxylation is 1. The lowest BCUT2D eigenvalue weighted by atomic mass is 10.1. The summed E-state index contributed by atoms with van der Waals surface area (Å²) in [7, 11) is 0. The third-order valence-electron chi connectivity index (χ3n) is 2.87. The Bertz CT molecular complexity index is 602. The van der Waals surface area contributed by atoms with Crippen LogP contribution in [0.2, 0.25) is 5.02 Å². The van der Waals surface area contributed by atoms with Gasteiger partial charge in [-0.05, 0) is 42.8 Å². The van der Waals surface area contributed by atoms with E-state index in [2.05, 4.69) is 0 Å². The van der Waals surface area contributed by atoms with Crippen LogP contribution in [0.3, 0.4) is 0 Å². The van der Waals surface area contributed by atoms with Crippen LogP contribution >= 0.6 is 23.4 Å². The van der Waals surface area contributed by atoms with Crippen molar-refractivity contribution in [1.29, 1.82) is 0 Å². The summed E-state index contributed by atoms with van der Waals surface area (Å²) in [4.78, 5) is 0.877. The van der Waals surface area contributed by atoms with Crippen LogP contribution < -0.4 is 0 Å². The molecule has 0 aliphatic heterocycles. The Morgan fingerprint density at radius 1 is 1.15 bits per heavy atom. The number of aliphatic hydroxyl groups is 1. The Hall–Kier alpha value is -1.10. The van der Waals surface area contributed by atoms with Gasteiger partial charge in [0.1, 0.15) is 11.6 Å². The van der Waals surface area contributed by atoms with Crippen LogP contribution in [0.15, 0.2) is 41.3 Å². The molecule has 0 spiro atoms. The quantitative estimate of drug-likeness (QED) is 0.822. The topological polar surface area (TPSA) is 20.2 Å². The summed E-state index contributed by atoms with van der Waals surface area (Å²) in [5, 5.41) is 10.6.